The van der Waals surface area contributed by atoms with Crippen LogP contribution < -0.4 is 58.2 Å². The van der Waals surface area contributed by atoms with Crippen LogP contribution in [0.4, 0.5) is 0 Å². The summed E-state index contributed by atoms with van der Waals surface area (Å²) in [5.74, 6) is 0. The summed E-state index contributed by atoms with van der Waals surface area (Å²) in [6.45, 7) is 0.625. The zero-order valence-corrected chi connectivity index (χ0v) is 8.35. The molecule has 0 saturated carbocycles. The van der Waals surface area contributed by atoms with Gasteiger partial charge >= 0.3 is 58.2 Å². The molecule has 0 aliphatic heterocycles. The van der Waals surface area contributed by atoms with E-state index in [1.165, 1.54) is 7.11 Å². The van der Waals surface area contributed by atoms with E-state index in [0.717, 1.165) is 0 Å². The van der Waals surface area contributed by atoms with E-state index in [0.29, 0.717) is 6.79 Å². The quantitative estimate of drug-likeness (QED) is 0.403. The molecule has 0 saturated heterocycles. The third-order valence-corrected chi connectivity index (χ3v) is 0.105. The second-order valence-corrected chi connectivity index (χ2v) is 0.341. The summed E-state index contributed by atoms with van der Waals surface area (Å²) in [4.78, 5) is 0. The van der Waals surface area contributed by atoms with Gasteiger partial charge in [0.05, 0.1) is 0 Å². The molecule has 0 aromatic rings. The van der Waals surface area contributed by atoms with Gasteiger partial charge in [-0.05, 0) is 0 Å². The van der Waals surface area contributed by atoms with Crippen molar-refractivity contribution in [2.75, 3.05) is 7.11 Å². The van der Waals surface area contributed by atoms with Crippen LogP contribution in [0.3, 0.4) is 0 Å². The first-order valence-electron chi connectivity index (χ1n) is 0.902. The van der Waals surface area contributed by atoms with Crippen LogP contribution in [0.25, 0.3) is 0 Å². The van der Waals surface area contributed by atoms with Gasteiger partial charge in [0.25, 0.3) is 0 Å². The van der Waals surface area contributed by atoms with Crippen LogP contribution >= 0.6 is 0 Å². The van der Waals surface area contributed by atoms with E-state index in [9.17, 15) is 0 Å². The van der Waals surface area contributed by atoms with Gasteiger partial charge in [-0.15, -0.1) is 0 Å². The topological polar surface area (TPSA) is 29.5 Å². The molecule has 0 spiro atoms. The summed E-state index contributed by atoms with van der Waals surface area (Å²) >= 11 is 0. The molecule has 0 bridgehead atoms. The SMILES string of the molecule is CO[CH-]O.[Rb+]. The molecule has 3 heteroatoms. The number of hydrogen-bond donors (Lipinski definition) is 1. The van der Waals surface area contributed by atoms with Gasteiger partial charge in [0.15, 0.2) is 0 Å². The second kappa shape index (κ2) is 9.21. The molecule has 0 aliphatic carbocycles. The van der Waals surface area contributed by atoms with E-state index in [1.807, 2.05) is 0 Å². The molecule has 0 radical (unpaired) electrons. The summed E-state index contributed by atoms with van der Waals surface area (Å²) in [6, 6.07) is 0. The summed E-state index contributed by atoms with van der Waals surface area (Å²) in [5, 5.41) is 7.53. The molecule has 0 heterocycles. The number of methoxy groups -OCH3 is 1. The van der Waals surface area contributed by atoms with Crippen molar-refractivity contribution in [3.8, 4) is 0 Å². The van der Waals surface area contributed by atoms with Crippen LogP contribution in [-0.2, 0) is 4.74 Å². The van der Waals surface area contributed by atoms with E-state index in [-0.39, 0.29) is 58.2 Å². The monoisotopic (exact) mass is 146 g/mol. The molecule has 0 atom stereocenters. The minimum atomic E-state index is 0. The Morgan fingerprint density at radius 2 is 2.00 bits per heavy atom. The van der Waals surface area contributed by atoms with Gasteiger partial charge in [-0.2, -0.15) is 0 Å². The van der Waals surface area contributed by atoms with Crippen molar-refractivity contribution < 1.29 is 68.0 Å². The van der Waals surface area contributed by atoms with Gasteiger partial charge in [-0.3, -0.25) is 0 Å². The molecule has 1 N–H and O–H groups in total. The summed E-state index contributed by atoms with van der Waals surface area (Å²) in [7, 11) is 1.38. The Bertz CT molecular complexity index is 9.61. The van der Waals surface area contributed by atoms with Gasteiger partial charge in [0.2, 0.25) is 0 Å². The zero-order valence-electron chi connectivity index (χ0n) is 3.43. The second-order valence-electron chi connectivity index (χ2n) is 0.341. The third-order valence-electron chi connectivity index (χ3n) is 0.105. The standard InChI is InChI=1S/C2H5O2.Rb/c1-4-2-3;/h2-3H,1H3;/q-1;+1. The third kappa shape index (κ3) is 10.7. The predicted molar refractivity (Wildman–Crippen MR) is 13.2 cm³/mol. The average Bonchev–Trinajstić information content (AvgIpc) is 1.37. The Hall–Kier alpha value is 1.73. The van der Waals surface area contributed by atoms with Gasteiger partial charge in [0.1, 0.15) is 0 Å². The fraction of sp³-hybridized carbons (Fsp3) is 0.500. The van der Waals surface area contributed by atoms with Crippen molar-refractivity contribution in [3.63, 3.8) is 0 Å². The fourth-order valence-corrected chi connectivity index (χ4v) is 0. The molecule has 2 nitrogen and oxygen atoms in total. The Balaban J connectivity index is 0. The molecular formula is C2H5O2Rb. The van der Waals surface area contributed by atoms with Crippen molar-refractivity contribution in [1.82, 2.24) is 0 Å². The predicted octanol–water partition coefficient (Wildman–Crippen LogP) is -2.87. The molecule has 0 aliphatic rings. The van der Waals surface area contributed by atoms with Crippen molar-refractivity contribution in [1.29, 1.82) is 0 Å². The van der Waals surface area contributed by atoms with Crippen molar-refractivity contribution in [2.45, 2.75) is 0 Å². The number of hydrogen-bond acceptors (Lipinski definition) is 2. The minimum Gasteiger partial charge on any atom is -0.539 e. The minimum absolute atomic E-state index is 0. The first-order chi connectivity index (χ1) is 1.91. The first-order valence-corrected chi connectivity index (χ1v) is 0.902. The Kier molecular flexibility index (Phi) is 18.2. The first kappa shape index (κ1) is 9.87. The van der Waals surface area contributed by atoms with Crippen LogP contribution in [0.15, 0.2) is 0 Å². The number of aliphatic hydroxyl groups is 1. The number of aliphatic hydroxyl groups excluding tert-OH is 1. The molecule has 0 fully saturated rings. The van der Waals surface area contributed by atoms with Crippen molar-refractivity contribution >= 4 is 0 Å². The molecule has 0 amide bonds. The van der Waals surface area contributed by atoms with Crippen molar-refractivity contribution in [2.24, 2.45) is 0 Å². The summed E-state index contributed by atoms with van der Waals surface area (Å²) in [5.41, 5.74) is 0. The van der Waals surface area contributed by atoms with Gasteiger partial charge in [0, 0.05) is 7.11 Å². The van der Waals surface area contributed by atoms with Crippen LogP contribution in [0.1, 0.15) is 0 Å². The average molecular weight is 147 g/mol. The number of ether oxygens (including phenoxy) is 1. The maximum Gasteiger partial charge on any atom is 1.00 e. The Morgan fingerprint density at radius 3 is 2.00 bits per heavy atom. The van der Waals surface area contributed by atoms with Crippen molar-refractivity contribution in [3.05, 3.63) is 6.79 Å². The molecule has 0 aromatic heterocycles. The van der Waals surface area contributed by atoms with E-state index in [2.05, 4.69) is 4.74 Å². The van der Waals surface area contributed by atoms with Crippen LogP contribution in [0.5, 0.6) is 0 Å². The zero-order chi connectivity index (χ0) is 3.41. The fourth-order valence-electron chi connectivity index (χ4n) is 0. The summed E-state index contributed by atoms with van der Waals surface area (Å²) < 4.78 is 3.97. The molecule has 5 heavy (non-hydrogen) atoms. The molecular weight excluding hydrogens is 141 g/mol. The molecule has 26 valence electrons. The molecule has 0 aromatic carbocycles. The van der Waals surface area contributed by atoms with Gasteiger partial charge < -0.3 is 9.84 Å². The Morgan fingerprint density at radius 1 is 1.80 bits per heavy atom. The number of rotatable bonds is 1. The molecule has 0 unspecified atom stereocenters. The smallest absolute Gasteiger partial charge is 0.539 e. The van der Waals surface area contributed by atoms with Gasteiger partial charge in [-0.1, -0.05) is 6.79 Å². The van der Waals surface area contributed by atoms with E-state index in [1.54, 1.807) is 0 Å². The largest absolute Gasteiger partial charge is 1.00 e. The van der Waals surface area contributed by atoms with Crippen LogP contribution in [0, 0.1) is 6.79 Å². The van der Waals surface area contributed by atoms with Crippen LogP contribution in [-0.4, -0.2) is 12.2 Å². The summed E-state index contributed by atoms with van der Waals surface area (Å²) in [6.07, 6.45) is 0. The van der Waals surface area contributed by atoms with E-state index < -0.39 is 0 Å². The van der Waals surface area contributed by atoms with Crippen LogP contribution in [0.2, 0.25) is 0 Å². The van der Waals surface area contributed by atoms with E-state index >= 15 is 0 Å². The molecule has 0 rings (SSSR count). The normalized spacial score (nSPS) is 6.00. The maximum atomic E-state index is 7.53. The van der Waals surface area contributed by atoms with E-state index in [4.69, 9.17) is 5.11 Å². The van der Waals surface area contributed by atoms with Gasteiger partial charge in [-0.25, -0.2) is 0 Å². The maximum absolute atomic E-state index is 7.53. The Labute approximate surface area is 80.3 Å².